The molecule has 1 aliphatic heterocycles. The summed E-state index contributed by atoms with van der Waals surface area (Å²) >= 11 is 0. The minimum absolute atomic E-state index is 0.0494. The summed E-state index contributed by atoms with van der Waals surface area (Å²) in [6, 6.07) is 14.0. The summed E-state index contributed by atoms with van der Waals surface area (Å²) < 4.78 is 4.95. The Morgan fingerprint density at radius 3 is 2.03 bits per heavy atom. The van der Waals surface area contributed by atoms with Gasteiger partial charge in [0.25, 0.3) is 0 Å². The van der Waals surface area contributed by atoms with Gasteiger partial charge >= 0.3 is 12.0 Å². The number of amides is 2. The maximum Gasteiger partial charge on any atom is 0.338 e. The number of anilines is 2. The van der Waals surface area contributed by atoms with Crippen molar-refractivity contribution in [2.24, 2.45) is 0 Å². The lowest BCUT2D eigenvalue weighted by Gasteiger charge is -2.36. The molecule has 7 heteroatoms. The van der Waals surface area contributed by atoms with E-state index in [1.807, 2.05) is 24.3 Å². The number of hydrogen-bond donors (Lipinski definition) is 1. The quantitative estimate of drug-likeness (QED) is 0.620. The molecule has 0 bridgehead atoms. The number of rotatable bonds is 5. The van der Waals surface area contributed by atoms with Crippen LogP contribution < -0.4 is 10.2 Å². The summed E-state index contributed by atoms with van der Waals surface area (Å²) in [4.78, 5) is 39.6. The van der Waals surface area contributed by atoms with Gasteiger partial charge in [-0.25, -0.2) is 9.59 Å². The number of piperazine rings is 1. The maximum absolute atomic E-state index is 12.5. The largest absolute Gasteiger partial charge is 0.462 e. The average Bonchev–Trinajstić information content (AvgIpc) is 2.74. The summed E-state index contributed by atoms with van der Waals surface area (Å²) in [6.07, 6.45) is 0. The first-order chi connectivity index (χ1) is 14.0. The van der Waals surface area contributed by atoms with Gasteiger partial charge in [0.2, 0.25) is 0 Å². The van der Waals surface area contributed by atoms with Gasteiger partial charge in [0, 0.05) is 43.1 Å². The molecule has 1 fully saturated rings. The summed E-state index contributed by atoms with van der Waals surface area (Å²) in [6.45, 7) is 6.26. The molecule has 0 atom stereocenters. The molecule has 3 rings (SSSR count). The minimum atomic E-state index is -0.377. The van der Waals surface area contributed by atoms with Crippen molar-refractivity contribution in [3.8, 4) is 0 Å². The second-order valence-electron chi connectivity index (χ2n) is 6.81. The Kier molecular flexibility index (Phi) is 6.49. The summed E-state index contributed by atoms with van der Waals surface area (Å²) in [5.41, 5.74) is 2.82. The van der Waals surface area contributed by atoms with Crippen LogP contribution in [0.4, 0.5) is 16.2 Å². The molecule has 2 aromatic carbocycles. The van der Waals surface area contributed by atoms with Gasteiger partial charge in [-0.15, -0.1) is 0 Å². The molecule has 2 amide bonds. The van der Waals surface area contributed by atoms with Crippen molar-refractivity contribution in [2.75, 3.05) is 43.0 Å². The Labute approximate surface area is 170 Å². The Bertz CT molecular complexity index is 870. The fourth-order valence-corrected chi connectivity index (χ4v) is 3.18. The molecule has 7 nitrogen and oxygen atoms in total. The number of hydrogen-bond acceptors (Lipinski definition) is 5. The zero-order chi connectivity index (χ0) is 20.8. The third-order valence-electron chi connectivity index (χ3n) is 4.85. The molecule has 0 unspecified atom stereocenters. The van der Waals surface area contributed by atoms with E-state index in [2.05, 4.69) is 10.2 Å². The van der Waals surface area contributed by atoms with Gasteiger partial charge in [0.1, 0.15) is 0 Å². The molecule has 2 aromatic rings. The zero-order valence-electron chi connectivity index (χ0n) is 16.7. The van der Waals surface area contributed by atoms with E-state index in [1.54, 1.807) is 43.0 Å². The maximum atomic E-state index is 12.5. The highest BCUT2D eigenvalue weighted by atomic mass is 16.5. The molecule has 1 saturated heterocycles. The molecule has 1 N–H and O–H groups in total. The van der Waals surface area contributed by atoms with Gasteiger partial charge < -0.3 is 19.9 Å². The van der Waals surface area contributed by atoms with E-state index in [0.717, 1.165) is 5.69 Å². The summed E-state index contributed by atoms with van der Waals surface area (Å²) in [5.74, 6) is -0.328. The van der Waals surface area contributed by atoms with Crippen LogP contribution in [-0.2, 0) is 4.74 Å². The zero-order valence-corrected chi connectivity index (χ0v) is 16.7. The molecular formula is C22H25N3O4. The van der Waals surface area contributed by atoms with E-state index in [9.17, 15) is 14.4 Å². The van der Waals surface area contributed by atoms with Crippen LogP contribution in [0.25, 0.3) is 0 Å². The third kappa shape index (κ3) is 5.13. The van der Waals surface area contributed by atoms with E-state index < -0.39 is 0 Å². The van der Waals surface area contributed by atoms with Crippen molar-refractivity contribution in [2.45, 2.75) is 13.8 Å². The number of carbonyl (C=O) groups is 3. The number of benzene rings is 2. The fourth-order valence-electron chi connectivity index (χ4n) is 3.18. The Balaban J connectivity index is 1.52. The normalized spacial score (nSPS) is 13.7. The monoisotopic (exact) mass is 395 g/mol. The van der Waals surface area contributed by atoms with Crippen LogP contribution in [0.1, 0.15) is 34.6 Å². The lowest BCUT2D eigenvalue weighted by atomic mass is 10.1. The van der Waals surface area contributed by atoms with Crippen LogP contribution in [0.2, 0.25) is 0 Å². The number of nitrogens with zero attached hydrogens (tertiary/aromatic N) is 2. The van der Waals surface area contributed by atoms with Crippen LogP contribution in [0.15, 0.2) is 48.5 Å². The Morgan fingerprint density at radius 2 is 1.48 bits per heavy atom. The van der Waals surface area contributed by atoms with Gasteiger partial charge in [0.05, 0.1) is 12.2 Å². The number of ketones is 1. The number of ether oxygens (including phenoxy) is 1. The van der Waals surface area contributed by atoms with Crippen molar-refractivity contribution in [1.29, 1.82) is 0 Å². The number of carbonyl (C=O) groups excluding carboxylic acids is 3. The number of Topliss-reactive ketones (excluding diaryl/α,β-unsaturated/α-hetero) is 1. The average molecular weight is 395 g/mol. The van der Waals surface area contributed by atoms with Gasteiger partial charge in [-0.05, 0) is 62.4 Å². The SMILES string of the molecule is CCOC(=O)c1ccc(NC(=O)N2CCN(c3ccc(C(C)=O)cc3)CC2)cc1. The van der Waals surface area contributed by atoms with E-state index in [1.165, 1.54) is 0 Å². The number of nitrogens with one attached hydrogen (secondary N) is 1. The molecule has 1 heterocycles. The fraction of sp³-hybridized carbons (Fsp3) is 0.318. The second kappa shape index (κ2) is 9.23. The predicted octanol–water partition coefficient (Wildman–Crippen LogP) is 3.42. The first-order valence-corrected chi connectivity index (χ1v) is 9.67. The highest BCUT2D eigenvalue weighted by Gasteiger charge is 2.21. The highest BCUT2D eigenvalue weighted by Crippen LogP contribution is 2.18. The molecule has 1 aliphatic rings. The topological polar surface area (TPSA) is 79.0 Å². The molecule has 0 aliphatic carbocycles. The Hall–Kier alpha value is -3.35. The number of esters is 1. The molecule has 0 saturated carbocycles. The van der Waals surface area contributed by atoms with Crippen LogP contribution in [0.5, 0.6) is 0 Å². The van der Waals surface area contributed by atoms with Gasteiger partial charge in [-0.1, -0.05) is 0 Å². The predicted molar refractivity (Wildman–Crippen MR) is 112 cm³/mol. The van der Waals surface area contributed by atoms with Crippen LogP contribution in [0.3, 0.4) is 0 Å². The molecule has 0 aromatic heterocycles. The lowest BCUT2D eigenvalue weighted by Crippen LogP contribution is -2.50. The Morgan fingerprint density at radius 1 is 0.897 bits per heavy atom. The van der Waals surface area contributed by atoms with E-state index in [0.29, 0.717) is 49.6 Å². The smallest absolute Gasteiger partial charge is 0.338 e. The van der Waals surface area contributed by atoms with Crippen LogP contribution in [-0.4, -0.2) is 55.5 Å². The van der Waals surface area contributed by atoms with Gasteiger partial charge in [0.15, 0.2) is 5.78 Å². The minimum Gasteiger partial charge on any atom is -0.462 e. The van der Waals surface area contributed by atoms with Crippen molar-refractivity contribution >= 4 is 29.2 Å². The van der Waals surface area contributed by atoms with Crippen LogP contribution >= 0.6 is 0 Å². The number of urea groups is 1. The summed E-state index contributed by atoms with van der Waals surface area (Å²) in [7, 11) is 0. The van der Waals surface area contributed by atoms with Gasteiger partial charge in [-0.3, -0.25) is 4.79 Å². The first kappa shape index (κ1) is 20.4. The van der Waals surface area contributed by atoms with E-state index in [4.69, 9.17) is 4.74 Å². The van der Waals surface area contributed by atoms with E-state index >= 15 is 0 Å². The lowest BCUT2D eigenvalue weighted by molar-refractivity contribution is 0.0526. The molecule has 0 radical (unpaired) electrons. The van der Waals surface area contributed by atoms with Crippen molar-refractivity contribution in [1.82, 2.24) is 4.90 Å². The second-order valence-corrected chi connectivity index (χ2v) is 6.81. The molecule has 29 heavy (non-hydrogen) atoms. The van der Waals surface area contributed by atoms with Crippen molar-refractivity contribution in [3.63, 3.8) is 0 Å². The van der Waals surface area contributed by atoms with Gasteiger partial charge in [-0.2, -0.15) is 0 Å². The standard InChI is InChI=1S/C22H25N3O4/c1-3-29-21(27)18-4-8-19(9-5-18)23-22(28)25-14-12-24(13-15-25)20-10-6-17(7-11-20)16(2)26/h4-11H,3,12-15H2,1-2H3,(H,23,28). The third-order valence-corrected chi connectivity index (χ3v) is 4.85. The summed E-state index contributed by atoms with van der Waals surface area (Å²) in [5, 5.41) is 2.86. The molecule has 0 spiro atoms. The van der Waals surface area contributed by atoms with Crippen LogP contribution in [0, 0.1) is 0 Å². The first-order valence-electron chi connectivity index (χ1n) is 9.67. The van der Waals surface area contributed by atoms with Crippen molar-refractivity contribution < 1.29 is 19.1 Å². The molecule has 152 valence electrons. The molecular weight excluding hydrogens is 370 g/mol. The van der Waals surface area contributed by atoms with E-state index in [-0.39, 0.29) is 17.8 Å². The van der Waals surface area contributed by atoms with Crippen molar-refractivity contribution in [3.05, 3.63) is 59.7 Å². The highest BCUT2D eigenvalue weighted by molar-refractivity contribution is 5.94.